The molecule has 3 rings (SSSR count). The lowest BCUT2D eigenvalue weighted by Gasteiger charge is -2.13. The highest BCUT2D eigenvalue weighted by Crippen LogP contribution is 2.29. The largest absolute Gasteiger partial charge is 0.497 e. The number of rotatable bonds is 8. The zero-order valence-corrected chi connectivity index (χ0v) is 18.3. The lowest BCUT2D eigenvalue weighted by atomic mass is 10.1. The summed E-state index contributed by atoms with van der Waals surface area (Å²) in [6.45, 7) is 1.84. The minimum atomic E-state index is -3.81. The van der Waals surface area contributed by atoms with Gasteiger partial charge >= 0.3 is 0 Å². The molecule has 7 nitrogen and oxygen atoms in total. The van der Waals surface area contributed by atoms with E-state index in [1.807, 2.05) is 30.3 Å². The van der Waals surface area contributed by atoms with Crippen LogP contribution in [0.1, 0.15) is 21.5 Å². The number of carbonyl (C=O) groups is 1. The molecule has 0 unspecified atom stereocenters. The number of ether oxygens (including phenoxy) is 2. The van der Waals surface area contributed by atoms with E-state index in [1.165, 1.54) is 20.3 Å². The van der Waals surface area contributed by atoms with Gasteiger partial charge in [-0.2, -0.15) is 0 Å². The maximum atomic E-state index is 12.9. The Morgan fingerprint density at radius 2 is 1.68 bits per heavy atom. The highest BCUT2D eigenvalue weighted by Gasteiger charge is 2.20. The van der Waals surface area contributed by atoms with Crippen molar-refractivity contribution in [1.82, 2.24) is 4.72 Å². The lowest BCUT2D eigenvalue weighted by Crippen LogP contribution is -2.24. The third-order valence-electron chi connectivity index (χ3n) is 4.71. The molecule has 2 N–H and O–H groups in total. The highest BCUT2D eigenvalue weighted by molar-refractivity contribution is 7.89. The van der Waals surface area contributed by atoms with Crippen LogP contribution in [0.5, 0.6) is 11.5 Å². The van der Waals surface area contributed by atoms with E-state index in [1.54, 1.807) is 37.3 Å². The lowest BCUT2D eigenvalue weighted by molar-refractivity contribution is 0.102. The van der Waals surface area contributed by atoms with Crippen molar-refractivity contribution in [2.24, 2.45) is 0 Å². The van der Waals surface area contributed by atoms with Gasteiger partial charge in [0.2, 0.25) is 10.0 Å². The van der Waals surface area contributed by atoms with Crippen molar-refractivity contribution in [3.05, 3.63) is 83.4 Å². The molecule has 0 atom stereocenters. The molecule has 162 valence electrons. The molecule has 0 bridgehead atoms. The smallest absolute Gasteiger partial charge is 0.255 e. The summed E-state index contributed by atoms with van der Waals surface area (Å²) >= 11 is 0. The van der Waals surface area contributed by atoms with Gasteiger partial charge in [-0.05, 0) is 42.3 Å². The number of carbonyl (C=O) groups excluding carboxylic acids is 1. The van der Waals surface area contributed by atoms with Gasteiger partial charge in [-0.1, -0.05) is 36.4 Å². The third kappa shape index (κ3) is 5.42. The van der Waals surface area contributed by atoms with E-state index in [0.29, 0.717) is 22.7 Å². The summed E-state index contributed by atoms with van der Waals surface area (Å²) in [6, 6.07) is 18.8. The SMILES string of the molecule is COc1ccc(NC(=O)c2ccc(C)c(S(=O)(=O)NCc3ccccc3)c2)c(OC)c1. The molecule has 0 radical (unpaired) electrons. The molecule has 0 aliphatic heterocycles. The number of nitrogens with one attached hydrogen (secondary N) is 2. The molecule has 0 aliphatic carbocycles. The van der Waals surface area contributed by atoms with E-state index in [4.69, 9.17) is 9.47 Å². The Kier molecular flexibility index (Phi) is 6.94. The number of hydrogen-bond acceptors (Lipinski definition) is 5. The summed E-state index contributed by atoms with van der Waals surface area (Å²) in [4.78, 5) is 12.8. The first-order valence-corrected chi connectivity index (χ1v) is 11.0. The van der Waals surface area contributed by atoms with Gasteiger partial charge < -0.3 is 14.8 Å². The fourth-order valence-corrected chi connectivity index (χ4v) is 4.27. The topological polar surface area (TPSA) is 93.7 Å². The minimum Gasteiger partial charge on any atom is -0.497 e. The molecule has 0 fully saturated rings. The van der Waals surface area contributed by atoms with Gasteiger partial charge in [-0.15, -0.1) is 0 Å². The van der Waals surface area contributed by atoms with Crippen molar-refractivity contribution in [3.63, 3.8) is 0 Å². The van der Waals surface area contributed by atoms with Gasteiger partial charge in [0.05, 0.1) is 24.8 Å². The highest BCUT2D eigenvalue weighted by atomic mass is 32.2. The van der Waals surface area contributed by atoms with Crippen LogP contribution >= 0.6 is 0 Å². The van der Waals surface area contributed by atoms with Crippen LogP contribution in [-0.4, -0.2) is 28.5 Å². The fourth-order valence-electron chi connectivity index (χ4n) is 2.98. The van der Waals surface area contributed by atoms with Crippen LogP contribution in [0, 0.1) is 6.92 Å². The van der Waals surface area contributed by atoms with Gasteiger partial charge in [0.25, 0.3) is 5.91 Å². The number of sulfonamides is 1. The number of hydrogen-bond donors (Lipinski definition) is 2. The normalized spacial score (nSPS) is 11.1. The van der Waals surface area contributed by atoms with Crippen LogP contribution in [0.25, 0.3) is 0 Å². The number of benzene rings is 3. The monoisotopic (exact) mass is 440 g/mol. The van der Waals surface area contributed by atoms with Crippen LogP contribution in [0.2, 0.25) is 0 Å². The van der Waals surface area contributed by atoms with Crippen LogP contribution in [0.4, 0.5) is 5.69 Å². The van der Waals surface area contributed by atoms with Crippen LogP contribution in [-0.2, 0) is 16.6 Å². The molecular weight excluding hydrogens is 416 g/mol. The van der Waals surface area contributed by atoms with E-state index >= 15 is 0 Å². The zero-order valence-electron chi connectivity index (χ0n) is 17.5. The molecule has 0 saturated heterocycles. The Labute approximate surface area is 182 Å². The molecular formula is C23H24N2O5S. The average molecular weight is 441 g/mol. The second-order valence-electron chi connectivity index (χ2n) is 6.81. The molecule has 3 aromatic rings. The first kappa shape index (κ1) is 22.3. The quantitative estimate of drug-likeness (QED) is 0.557. The van der Waals surface area contributed by atoms with Gasteiger partial charge in [0.15, 0.2) is 0 Å². The molecule has 0 saturated carbocycles. The van der Waals surface area contributed by atoms with E-state index in [2.05, 4.69) is 10.0 Å². The Morgan fingerprint density at radius 3 is 2.35 bits per heavy atom. The maximum Gasteiger partial charge on any atom is 0.255 e. The van der Waals surface area contributed by atoms with Crippen LogP contribution in [0.3, 0.4) is 0 Å². The predicted octanol–water partition coefficient (Wildman–Crippen LogP) is 3.74. The Morgan fingerprint density at radius 1 is 0.935 bits per heavy atom. The van der Waals surface area contributed by atoms with Crippen LogP contribution < -0.4 is 19.5 Å². The molecule has 0 spiro atoms. The van der Waals surface area contributed by atoms with Gasteiger partial charge in [0, 0.05) is 18.2 Å². The molecule has 3 aromatic carbocycles. The van der Waals surface area contributed by atoms with Crippen molar-refractivity contribution in [3.8, 4) is 11.5 Å². The summed E-state index contributed by atoms with van der Waals surface area (Å²) in [5.74, 6) is 0.559. The standard InChI is InChI=1S/C23H24N2O5S/c1-16-9-10-18(23(26)25-20-12-11-19(29-2)14-21(20)30-3)13-22(16)31(27,28)24-15-17-7-5-4-6-8-17/h4-14,24H,15H2,1-3H3,(H,25,26). The van der Waals surface area contributed by atoms with Crippen molar-refractivity contribution in [2.45, 2.75) is 18.4 Å². The summed E-state index contributed by atoms with van der Waals surface area (Å²) in [5.41, 5.74) is 2.03. The third-order valence-corrected chi connectivity index (χ3v) is 6.25. The van der Waals surface area contributed by atoms with Crippen molar-refractivity contribution in [2.75, 3.05) is 19.5 Å². The maximum absolute atomic E-state index is 12.9. The fraction of sp³-hybridized carbons (Fsp3) is 0.174. The number of methoxy groups -OCH3 is 2. The summed E-state index contributed by atoms with van der Waals surface area (Å²) in [6.07, 6.45) is 0. The number of amides is 1. The summed E-state index contributed by atoms with van der Waals surface area (Å²) in [5, 5.41) is 2.75. The number of anilines is 1. The number of aryl methyl sites for hydroxylation is 1. The molecule has 31 heavy (non-hydrogen) atoms. The average Bonchev–Trinajstić information content (AvgIpc) is 2.78. The van der Waals surface area contributed by atoms with Gasteiger partial charge in [-0.3, -0.25) is 4.79 Å². The first-order valence-electron chi connectivity index (χ1n) is 9.51. The van der Waals surface area contributed by atoms with E-state index in [9.17, 15) is 13.2 Å². The van der Waals surface area contributed by atoms with E-state index in [-0.39, 0.29) is 17.0 Å². The molecule has 0 heterocycles. The van der Waals surface area contributed by atoms with Crippen molar-refractivity contribution < 1.29 is 22.7 Å². The minimum absolute atomic E-state index is 0.0535. The molecule has 0 aliphatic rings. The Hall–Kier alpha value is -3.36. The summed E-state index contributed by atoms with van der Waals surface area (Å²) in [7, 11) is -0.791. The van der Waals surface area contributed by atoms with E-state index < -0.39 is 15.9 Å². The Balaban J connectivity index is 1.82. The predicted molar refractivity (Wildman–Crippen MR) is 119 cm³/mol. The van der Waals surface area contributed by atoms with Gasteiger partial charge in [0.1, 0.15) is 11.5 Å². The molecule has 0 aromatic heterocycles. The van der Waals surface area contributed by atoms with E-state index in [0.717, 1.165) is 5.56 Å². The second-order valence-corrected chi connectivity index (χ2v) is 8.55. The second kappa shape index (κ2) is 9.63. The molecule has 1 amide bonds. The van der Waals surface area contributed by atoms with Crippen molar-refractivity contribution in [1.29, 1.82) is 0 Å². The first-order chi connectivity index (χ1) is 14.8. The zero-order chi connectivity index (χ0) is 22.4. The van der Waals surface area contributed by atoms with Crippen LogP contribution in [0.15, 0.2) is 71.6 Å². The Bertz CT molecular complexity index is 1180. The summed E-state index contributed by atoms with van der Waals surface area (Å²) < 4.78 is 38.7. The van der Waals surface area contributed by atoms with Gasteiger partial charge in [-0.25, -0.2) is 13.1 Å². The molecule has 8 heteroatoms. The van der Waals surface area contributed by atoms with Crippen molar-refractivity contribution >= 4 is 21.6 Å².